The Bertz CT molecular complexity index is 205. The van der Waals surface area contributed by atoms with Gasteiger partial charge in [0, 0.05) is 12.4 Å². The number of rotatable bonds is 1. The third kappa shape index (κ3) is 1.97. The van der Waals surface area contributed by atoms with Crippen molar-refractivity contribution in [3.8, 4) is 5.75 Å². The standard InChI is InChI=1S/C6H6BrNO.H2O/c1-9-6-2-3-8-4-5(6)7;/h2-4H,1H3;1H2. The molecule has 1 aromatic rings. The Morgan fingerprint density at radius 3 is 2.70 bits per heavy atom. The highest BCUT2D eigenvalue weighted by Crippen LogP contribution is 2.21. The van der Waals surface area contributed by atoms with Crippen molar-refractivity contribution in [1.82, 2.24) is 4.98 Å². The fraction of sp³-hybridized carbons (Fsp3) is 0.167. The maximum absolute atomic E-state index is 4.96. The van der Waals surface area contributed by atoms with Gasteiger partial charge in [0.05, 0.1) is 11.6 Å². The van der Waals surface area contributed by atoms with Gasteiger partial charge in [-0.05, 0) is 22.0 Å². The van der Waals surface area contributed by atoms with Crippen LogP contribution in [0.3, 0.4) is 0 Å². The van der Waals surface area contributed by atoms with E-state index in [9.17, 15) is 0 Å². The lowest BCUT2D eigenvalue weighted by atomic mass is 10.5. The van der Waals surface area contributed by atoms with Crippen LogP contribution in [-0.4, -0.2) is 17.6 Å². The smallest absolute Gasteiger partial charge is 0.136 e. The average molecular weight is 206 g/mol. The van der Waals surface area contributed by atoms with E-state index in [1.807, 2.05) is 0 Å². The SMILES string of the molecule is COc1ccncc1Br.O. The molecule has 0 bridgehead atoms. The molecule has 1 aromatic heterocycles. The summed E-state index contributed by atoms with van der Waals surface area (Å²) in [6.45, 7) is 0. The van der Waals surface area contributed by atoms with Crippen molar-refractivity contribution in [2.24, 2.45) is 0 Å². The molecule has 0 aliphatic heterocycles. The first-order chi connectivity index (χ1) is 4.34. The summed E-state index contributed by atoms with van der Waals surface area (Å²) in [6.07, 6.45) is 3.38. The Hall–Kier alpha value is -0.610. The van der Waals surface area contributed by atoms with Crippen LogP contribution in [0.1, 0.15) is 0 Å². The molecule has 4 heteroatoms. The second kappa shape index (κ2) is 4.24. The highest BCUT2D eigenvalue weighted by molar-refractivity contribution is 9.10. The summed E-state index contributed by atoms with van der Waals surface area (Å²) >= 11 is 3.27. The van der Waals surface area contributed by atoms with E-state index in [1.54, 1.807) is 25.6 Å². The van der Waals surface area contributed by atoms with Crippen molar-refractivity contribution in [2.75, 3.05) is 7.11 Å². The minimum atomic E-state index is 0. The number of halogens is 1. The maximum Gasteiger partial charge on any atom is 0.136 e. The van der Waals surface area contributed by atoms with Gasteiger partial charge in [-0.3, -0.25) is 4.98 Å². The van der Waals surface area contributed by atoms with Gasteiger partial charge in [-0.2, -0.15) is 0 Å². The first-order valence-corrected chi connectivity index (χ1v) is 3.27. The zero-order valence-electron chi connectivity index (χ0n) is 5.47. The minimum Gasteiger partial charge on any atom is -0.495 e. The number of ether oxygens (including phenoxy) is 1. The molecule has 0 unspecified atom stereocenters. The fourth-order valence-corrected chi connectivity index (χ4v) is 0.940. The first kappa shape index (κ1) is 9.39. The van der Waals surface area contributed by atoms with Crippen LogP contribution < -0.4 is 4.74 Å². The lowest BCUT2D eigenvalue weighted by molar-refractivity contribution is 0.411. The summed E-state index contributed by atoms with van der Waals surface area (Å²) < 4.78 is 5.84. The number of pyridine rings is 1. The molecule has 0 saturated carbocycles. The van der Waals surface area contributed by atoms with E-state index in [2.05, 4.69) is 20.9 Å². The van der Waals surface area contributed by atoms with E-state index in [1.165, 1.54) is 0 Å². The van der Waals surface area contributed by atoms with E-state index in [-0.39, 0.29) is 5.48 Å². The lowest BCUT2D eigenvalue weighted by Gasteiger charge is -1.98. The van der Waals surface area contributed by atoms with Crippen LogP contribution >= 0.6 is 15.9 Å². The van der Waals surface area contributed by atoms with Gasteiger partial charge in [0.1, 0.15) is 5.75 Å². The second-order valence-corrected chi connectivity index (χ2v) is 2.36. The molecule has 2 N–H and O–H groups in total. The first-order valence-electron chi connectivity index (χ1n) is 2.48. The van der Waals surface area contributed by atoms with Gasteiger partial charge in [0.2, 0.25) is 0 Å². The van der Waals surface area contributed by atoms with Crippen LogP contribution in [0.15, 0.2) is 22.9 Å². The lowest BCUT2D eigenvalue weighted by Crippen LogP contribution is -1.83. The van der Waals surface area contributed by atoms with Crippen LogP contribution in [0, 0.1) is 0 Å². The summed E-state index contributed by atoms with van der Waals surface area (Å²) in [5.41, 5.74) is 0. The molecule has 1 rings (SSSR count). The molecule has 56 valence electrons. The van der Waals surface area contributed by atoms with Crippen molar-refractivity contribution in [2.45, 2.75) is 0 Å². The van der Waals surface area contributed by atoms with E-state index >= 15 is 0 Å². The zero-order valence-corrected chi connectivity index (χ0v) is 7.05. The third-order valence-corrected chi connectivity index (χ3v) is 1.55. The number of methoxy groups -OCH3 is 1. The molecule has 0 amide bonds. The van der Waals surface area contributed by atoms with E-state index in [0.717, 1.165) is 10.2 Å². The van der Waals surface area contributed by atoms with Crippen molar-refractivity contribution in [3.05, 3.63) is 22.9 Å². The Labute approximate surface area is 67.5 Å². The van der Waals surface area contributed by atoms with Crippen molar-refractivity contribution >= 4 is 15.9 Å². The summed E-state index contributed by atoms with van der Waals surface area (Å²) in [5, 5.41) is 0. The molecule has 0 aliphatic carbocycles. The van der Waals surface area contributed by atoms with E-state index < -0.39 is 0 Å². The van der Waals surface area contributed by atoms with Gasteiger partial charge in [-0.25, -0.2) is 0 Å². The number of hydrogen-bond donors (Lipinski definition) is 0. The van der Waals surface area contributed by atoms with Crippen LogP contribution in [0.4, 0.5) is 0 Å². The van der Waals surface area contributed by atoms with Crippen molar-refractivity contribution in [3.63, 3.8) is 0 Å². The number of nitrogens with zero attached hydrogens (tertiary/aromatic N) is 1. The van der Waals surface area contributed by atoms with Crippen LogP contribution in [0.5, 0.6) is 5.75 Å². The molecule has 0 saturated heterocycles. The van der Waals surface area contributed by atoms with Gasteiger partial charge < -0.3 is 10.2 Å². The highest BCUT2D eigenvalue weighted by Gasteiger charge is 1.94. The molecule has 0 aromatic carbocycles. The topological polar surface area (TPSA) is 53.6 Å². The molecular formula is C6H8BrNO2. The highest BCUT2D eigenvalue weighted by atomic mass is 79.9. The summed E-state index contributed by atoms with van der Waals surface area (Å²) in [7, 11) is 1.63. The van der Waals surface area contributed by atoms with Gasteiger partial charge in [0.25, 0.3) is 0 Å². The van der Waals surface area contributed by atoms with Gasteiger partial charge >= 0.3 is 0 Å². The summed E-state index contributed by atoms with van der Waals surface area (Å²) in [5.74, 6) is 0.810. The Balaban J connectivity index is 0.000000810. The summed E-state index contributed by atoms with van der Waals surface area (Å²) in [4.78, 5) is 3.87. The predicted octanol–water partition coefficient (Wildman–Crippen LogP) is 1.03. The van der Waals surface area contributed by atoms with Crippen LogP contribution in [-0.2, 0) is 0 Å². The van der Waals surface area contributed by atoms with Crippen LogP contribution in [0.25, 0.3) is 0 Å². The Morgan fingerprint density at radius 2 is 2.30 bits per heavy atom. The normalized spacial score (nSPS) is 8.20. The fourth-order valence-electron chi connectivity index (χ4n) is 0.528. The van der Waals surface area contributed by atoms with E-state index in [0.29, 0.717) is 0 Å². The summed E-state index contributed by atoms with van der Waals surface area (Å²) in [6, 6.07) is 1.80. The molecule has 0 spiro atoms. The van der Waals surface area contributed by atoms with Crippen LogP contribution in [0.2, 0.25) is 0 Å². The monoisotopic (exact) mass is 205 g/mol. The molecular weight excluding hydrogens is 198 g/mol. The number of aromatic nitrogens is 1. The van der Waals surface area contributed by atoms with E-state index in [4.69, 9.17) is 4.74 Å². The van der Waals surface area contributed by atoms with Gasteiger partial charge in [-0.15, -0.1) is 0 Å². The van der Waals surface area contributed by atoms with Crippen molar-refractivity contribution in [1.29, 1.82) is 0 Å². The molecule has 1 heterocycles. The third-order valence-electron chi connectivity index (χ3n) is 0.955. The van der Waals surface area contributed by atoms with Crippen molar-refractivity contribution < 1.29 is 10.2 Å². The molecule has 0 radical (unpaired) electrons. The molecule has 0 atom stereocenters. The Kier molecular flexibility index (Phi) is 3.99. The largest absolute Gasteiger partial charge is 0.495 e. The van der Waals surface area contributed by atoms with Gasteiger partial charge in [0.15, 0.2) is 0 Å². The Morgan fingerprint density at radius 1 is 1.60 bits per heavy atom. The molecule has 0 fully saturated rings. The molecule has 10 heavy (non-hydrogen) atoms. The minimum absolute atomic E-state index is 0. The maximum atomic E-state index is 4.96. The average Bonchev–Trinajstić information content (AvgIpc) is 1.89. The predicted molar refractivity (Wildman–Crippen MR) is 42.1 cm³/mol. The molecule has 3 nitrogen and oxygen atoms in total. The molecule has 0 aliphatic rings. The zero-order chi connectivity index (χ0) is 6.69. The quantitative estimate of drug-likeness (QED) is 0.688. The van der Waals surface area contributed by atoms with Gasteiger partial charge in [-0.1, -0.05) is 0 Å². The second-order valence-electron chi connectivity index (χ2n) is 1.51. The number of hydrogen-bond acceptors (Lipinski definition) is 2.